The Hall–Kier alpha value is -4.26. The molecule has 0 aliphatic heterocycles. The molecule has 0 atom stereocenters. The fraction of sp³-hybridized carbons (Fsp3) is 0.150. The minimum atomic E-state index is -0.503. The van der Waals surface area contributed by atoms with Gasteiger partial charge in [0.25, 0.3) is 0 Å². The normalized spacial score (nSPS) is 10.7. The molecule has 1 aromatic carbocycles. The van der Waals surface area contributed by atoms with Gasteiger partial charge in [0.15, 0.2) is 5.65 Å². The number of hydrogen-bond donors (Lipinski definition) is 3. The number of nitrogens with zero attached hydrogens (tertiary/aromatic N) is 6. The van der Waals surface area contributed by atoms with Gasteiger partial charge in [0.2, 0.25) is 5.95 Å². The summed E-state index contributed by atoms with van der Waals surface area (Å²) in [6.45, 7) is 0.551. The summed E-state index contributed by atoms with van der Waals surface area (Å²) in [4.78, 5) is 13.0. The third-order valence-electron chi connectivity index (χ3n) is 4.43. The monoisotopic (exact) mass is 403 g/mol. The molecule has 150 valence electrons. The number of hydrogen-bond acceptors (Lipinski definition) is 8. The Morgan fingerprint density at radius 1 is 1.07 bits per heavy atom. The van der Waals surface area contributed by atoms with Crippen LogP contribution in [0.25, 0.3) is 16.9 Å². The third kappa shape index (κ3) is 3.95. The van der Waals surface area contributed by atoms with E-state index >= 15 is 0 Å². The van der Waals surface area contributed by atoms with Crippen molar-refractivity contribution < 1.29 is 4.39 Å². The van der Waals surface area contributed by atoms with Gasteiger partial charge in [0.05, 0.1) is 11.3 Å². The van der Waals surface area contributed by atoms with Crippen LogP contribution in [0.1, 0.15) is 11.1 Å². The number of benzene rings is 1. The van der Waals surface area contributed by atoms with Gasteiger partial charge in [-0.3, -0.25) is 0 Å². The van der Waals surface area contributed by atoms with Gasteiger partial charge in [0.1, 0.15) is 30.7 Å². The summed E-state index contributed by atoms with van der Waals surface area (Å²) >= 11 is 0. The highest BCUT2D eigenvalue weighted by molar-refractivity contribution is 5.65. The minimum absolute atomic E-state index is 0.188. The first-order chi connectivity index (χ1) is 14.7. The van der Waals surface area contributed by atoms with Crippen molar-refractivity contribution in [1.29, 1.82) is 5.26 Å². The van der Waals surface area contributed by atoms with Crippen LogP contribution in [0.5, 0.6) is 0 Å². The first-order valence-corrected chi connectivity index (χ1v) is 9.18. The van der Waals surface area contributed by atoms with E-state index in [1.807, 2.05) is 24.3 Å². The lowest BCUT2D eigenvalue weighted by Crippen LogP contribution is -2.17. The van der Waals surface area contributed by atoms with E-state index in [1.54, 1.807) is 28.8 Å². The van der Waals surface area contributed by atoms with Gasteiger partial charge in [-0.05, 0) is 17.7 Å². The molecule has 0 radical (unpaired) electrons. The fourth-order valence-corrected chi connectivity index (χ4v) is 2.89. The largest absolute Gasteiger partial charge is 0.383 e. The summed E-state index contributed by atoms with van der Waals surface area (Å²) in [5.41, 5.74) is 8.89. The smallest absolute Gasteiger partial charge is 0.226 e. The second-order valence-electron chi connectivity index (χ2n) is 6.42. The molecule has 0 aliphatic carbocycles. The van der Waals surface area contributed by atoms with Gasteiger partial charge in [-0.2, -0.15) is 14.9 Å². The van der Waals surface area contributed by atoms with E-state index in [2.05, 4.69) is 30.7 Å². The molecule has 0 saturated carbocycles. The van der Waals surface area contributed by atoms with Gasteiger partial charge < -0.3 is 16.4 Å². The van der Waals surface area contributed by atoms with Gasteiger partial charge in [0, 0.05) is 24.7 Å². The standard InChI is InChI=1S/C20H18FN9/c21-10-13-1-3-14(4-2-13)16-9-18-26-12-27-30(18)20(28-16)25-8-7-24-17-6-5-15(11-22)19(23)29-17/h1-6,9,12H,7-8,10H2,(H,25,28)(H3,23,24,29). The second-order valence-corrected chi connectivity index (χ2v) is 6.42. The molecule has 0 aliphatic rings. The number of fused-ring (bicyclic) bond motifs is 1. The first-order valence-electron chi connectivity index (χ1n) is 9.18. The first kappa shape index (κ1) is 19.1. The van der Waals surface area contributed by atoms with E-state index < -0.39 is 6.67 Å². The van der Waals surface area contributed by atoms with Crippen molar-refractivity contribution in [2.24, 2.45) is 0 Å². The Bertz CT molecular complexity index is 1210. The average molecular weight is 403 g/mol. The van der Waals surface area contributed by atoms with Crippen LogP contribution < -0.4 is 16.4 Å². The second kappa shape index (κ2) is 8.40. The van der Waals surface area contributed by atoms with Crippen LogP contribution in [0.4, 0.5) is 22.0 Å². The molecule has 0 amide bonds. The molecule has 0 fully saturated rings. The van der Waals surface area contributed by atoms with E-state index in [9.17, 15) is 4.39 Å². The maximum absolute atomic E-state index is 12.8. The lowest BCUT2D eigenvalue weighted by atomic mass is 10.1. The van der Waals surface area contributed by atoms with Crippen molar-refractivity contribution in [2.45, 2.75) is 6.67 Å². The summed E-state index contributed by atoms with van der Waals surface area (Å²) in [5.74, 6) is 1.30. The van der Waals surface area contributed by atoms with Gasteiger partial charge in [-0.25, -0.2) is 19.3 Å². The van der Waals surface area contributed by atoms with Crippen molar-refractivity contribution in [3.8, 4) is 17.3 Å². The van der Waals surface area contributed by atoms with Crippen molar-refractivity contribution in [3.05, 3.63) is 59.9 Å². The number of nitriles is 1. The van der Waals surface area contributed by atoms with Gasteiger partial charge >= 0.3 is 0 Å². The summed E-state index contributed by atoms with van der Waals surface area (Å²) in [5, 5.41) is 19.5. The van der Waals surface area contributed by atoms with Crippen LogP contribution in [0, 0.1) is 11.3 Å². The van der Waals surface area contributed by atoms with Crippen molar-refractivity contribution in [3.63, 3.8) is 0 Å². The Labute approximate surface area is 171 Å². The lowest BCUT2D eigenvalue weighted by Gasteiger charge is -2.11. The molecule has 0 bridgehead atoms. The number of nitrogens with two attached hydrogens (primary N) is 1. The minimum Gasteiger partial charge on any atom is -0.383 e. The fourth-order valence-electron chi connectivity index (χ4n) is 2.89. The highest BCUT2D eigenvalue weighted by atomic mass is 19.1. The summed E-state index contributed by atoms with van der Waals surface area (Å²) < 4.78 is 14.4. The predicted molar refractivity (Wildman–Crippen MR) is 111 cm³/mol. The number of nitrogen functional groups attached to an aromatic ring is 1. The number of nitrogens with one attached hydrogen (secondary N) is 2. The van der Waals surface area contributed by atoms with Crippen molar-refractivity contribution >= 4 is 23.2 Å². The number of halogens is 1. The predicted octanol–water partition coefficient (Wildman–Crippen LogP) is 2.63. The molecular formula is C20H18FN9. The van der Waals surface area contributed by atoms with E-state index in [4.69, 9.17) is 11.0 Å². The number of alkyl halides is 1. The maximum Gasteiger partial charge on any atom is 0.226 e. The third-order valence-corrected chi connectivity index (χ3v) is 4.43. The Balaban J connectivity index is 1.47. The molecule has 30 heavy (non-hydrogen) atoms. The SMILES string of the molecule is N#Cc1ccc(NCCNc2nc(-c3ccc(CF)cc3)cc3ncnn23)nc1N. The highest BCUT2D eigenvalue weighted by Crippen LogP contribution is 2.21. The quantitative estimate of drug-likeness (QED) is 0.402. The number of aromatic nitrogens is 5. The Morgan fingerprint density at radius 3 is 2.60 bits per heavy atom. The Morgan fingerprint density at radius 2 is 1.87 bits per heavy atom. The van der Waals surface area contributed by atoms with Crippen molar-refractivity contribution in [1.82, 2.24) is 24.6 Å². The molecule has 3 heterocycles. The summed E-state index contributed by atoms with van der Waals surface area (Å²) in [7, 11) is 0. The van der Waals surface area contributed by atoms with E-state index in [0.717, 1.165) is 5.56 Å². The molecule has 4 rings (SSSR count). The maximum atomic E-state index is 12.8. The molecule has 0 saturated heterocycles. The molecule has 3 aromatic heterocycles. The van der Waals surface area contributed by atoms with E-state index in [1.165, 1.54) is 6.33 Å². The zero-order chi connectivity index (χ0) is 20.9. The molecule has 4 aromatic rings. The van der Waals surface area contributed by atoms with Gasteiger partial charge in [-0.15, -0.1) is 0 Å². The zero-order valence-corrected chi connectivity index (χ0v) is 15.9. The Kier molecular flexibility index (Phi) is 5.34. The topological polar surface area (TPSA) is 130 Å². The molecule has 4 N–H and O–H groups in total. The van der Waals surface area contributed by atoms with Crippen LogP contribution in [0.15, 0.2) is 48.8 Å². The number of anilines is 3. The zero-order valence-electron chi connectivity index (χ0n) is 15.9. The van der Waals surface area contributed by atoms with Crippen LogP contribution >= 0.6 is 0 Å². The summed E-state index contributed by atoms with van der Waals surface area (Å²) in [6.07, 6.45) is 1.46. The van der Waals surface area contributed by atoms with Crippen molar-refractivity contribution in [2.75, 3.05) is 29.5 Å². The van der Waals surface area contributed by atoms with Crippen LogP contribution in [-0.2, 0) is 6.67 Å². The molecule has 0 spiro atoms. The lowest BCUT2D eigenvalue weighted by molar-refractivity contribution is 0.485. The molecule has 0 unspecified atom stereocenters. The number of pyridine rings is 1. The number of rotatable bonds is 7. The molecular weight excluding hydrogens is 385 g/mol. The average Bonchev–Trinajstić information content (AvgIpc) is 3.26. The van der Waals surface area contributed by atoms with Crippen LogP contribution in [0.2, 0.25) is 0 Å². The van der Waals surface area contributed by atoms with Crippen LogP contribution in [0.3, 0.4) is 0 Å². The van der Waals surface area contributed by atoms with Gasteiger partial charge in [-0.1, -0.05) is 24.3 Å². The van der Waals surface area contributed by atoms with E-state index in [-0.39, 0.29) is 5.82 Å². The molecule has 10 heteroatoms. The summed E-state index contributed by atoms with van der Waals surface area (Å²) in [6, 6.07) is 14.3. The van der Waals surface area contributed by atoms with E-state index in [0.29, 0.717) is 47.3 Å². The van der Waals surface area contributed by atoms with Crippen LogP contribution in [-0.4, -0.2) is 37.7 Å². The molecule has 9 nitrogen and oxygen atoms in total. The highest BCUT2D eigenvalue weighted by Gasteiger charge is 2.09.